The second-order valence-electron chi connectivity index (χ2n) is 5.88. The van der Waals surface area contributed by atoms with E-state index < -0.39 is 0 Å². The van der Waals surface area contributed by atoms with Crippen LogP contribution in [-0.4, -0.2) is 17.4 Å². The van der Waals surface area contributed by atoms with E-state index in [9.17, 15) is 9.18 Å². The van der Waals surface area contributed by atoms with Crippen molar-refractivity contribution in [3.05, 3.63) is 41.2 Å². The molecule has 0 aliphatic carbocycles. The fourth-order valence-corrected chi connectivity index (χ4v) is 2.63. The Morgan fingerprint density at radius 2 is 2.05 bits per heavy atom. The molecule has 21 heavy (non-hydrogen) atoms. The molecule has 0 unspecified atom stereocenters. The van der Waals surface area contributed by atoms with Crippen LogP contribution in [0.2, 0.25) is 0 Å². The van der Waals surface area contributed by atoms with Crippen LogP contribution >= 0.6 is 11.3 Å². The molecule has 1 aromatic carbocycles. The Morgan fingerprint density at radius 3 is 2.71 bits per heavy atom. The van der Waals surface area contributed by atoms with E-state index in [0.717, 1.165) is 5.69 Å². The smallest absolute Gasteiger partial charge is 0.225 e. The van der Waals surface area contributed by atoms with Crippen molar-refractivity contribution >= 4 is 17.2 Å². The molecule has 0 radical (unpaired) electrons. The number of amides is 1. The fraction of sp³-hybridized carbons (Fsp3) is 0.375. The third-order valence-electron chi connectivity index (χ3n) is 3.00. The lowest BCUT2D eigenvalue weighted by molar-refractivity contribution is -0.128. The Balaban J connectivity index is 1.96. The van der Waals surface area contributed by atoms with Gasteiger partial charge in [0.2, 0.25) is 5.91 Å². The van der Waals surface area contributed by atoms with E-state index in [-0.39, 0.29) is 17.1 Å². The Morgan fingerprint density at radius 1 is 1.33 bits per heavy atom. The lowest BCUT2D eigenvalue weighted by Crippen LogP contribution is -2.35. The number of aromatic nitrogens is 1. The van der Waals surface area contributed by atoms with Crippen LogP contribution in [0.15, 0.2) is 29.6 Å². The number of nitrogens with zero attached hydrogens (tertiary/aromatic N) is 1. The maximum Gasteiger partial charge on any atom is 0.225 e. The van der Waals surface area contributed by atoms with Crippen LogP contribution in [0.5, 0.6) is 0 Å². The highest BCUT2D eigenvalue weighted by Crippen LogP contribution is 2.26. The van der Waals surface area contributed by atoms with Gasteiger partial charge in [0, 0.05) is 29.3 Å². The molecule has 2 rings (SSSR count). The van der Waals surface area contributed by atoms with Crippen LogP contribution in [0.1, 0.15) is 26.5 Å². The molecule has 1 heterocycles. The molecule has 1 aromatic heterocycles. The molecule has 2 aromatic rings. The molecule has 1 amide bonds. The summed E-state index contributed by atoms with van der Waals surface area (Å²) < 4.78 is 13.7. The number of benzene rings is 1. The first kappa shape index (κ1) is 15.6. The zero-order chi connectivity index (χ0) is 15.5. The topological polar surface area (TPSA) is 42.0 Å². The van der Waals surface area contributed by atoms with Crippen molar-refractivity contribution in [3.63, 3.8) is 0 Å². The minimum Gasteiger partial charge on any atom is -0.355 e. The summed E-state index contributed by atoms with van der Waals surface area (Å²) in [4.78, 5) is 16.2. The first-order chi connectivity index (χ1) is 9.88. The quantitative estimate of drug-likeness (QED) is 0.936. The van der Waals surface area contributed by atoms with Crippen molar-refractivity contribution in [3.8, 4) is 10.6 Å². The van der Waals surface area contributed by atoms with Crippen LogP contribution in [-0.2, 0) is 11.2 Å². The van der Waals surface area contributed by atoms with Gasteiger partial charge in [0.1, 0.15) is 10.8 Å². The summed E-state index contributed by atoms with van der Waals surface area (Å²) in [5.41, 5.74) is 1.00. The van der Waals surface area contributed by atoms with Gasteiger partial charge in [0.25, 0.3) is 0 Å². The number of rotatable bonds is 4. The highest BCUT2D eigenvalue weighted by Gasteiger charge is 2.20. The molecule has 112 valence electrons. The third kappa shape index (κ3) is 4.11. The van der Waals surface area contributed by atoms with Gasteiger partial charge in [0.05, 0.1) is 5.69 Å². The summed E-state index contributed by atoms with van der Waals surface area (Å²) in [5, 5.41) is 5.46. The van der Waals surface area contributed by atoms with Gasteiger partial charge in [-0.1, -0.05) is 32.9 Å². The van der Waals surface area contributed by atoms with Gasteiger partial charge >= 0.3 is 0 Å². The van der Waals surface area contributed by atoms with Gasteiger partial charge in [-0.15, -0.1) is 11.3 Å². The number of halogens is 1. The predicted octanol–water partition coefficient (Wildman–Crippen LogP) is 3.65. The fourth-order valence-electron chi connectivity index (χ4n) is 1.75. The van der Waals surface area contributed by atoms with E-state index >= 15 is 0 Å². The van der Waals surface area contributed by atoms with Gasteiger partial charge in [-0.2, -0.15) is 0 Å². The molecule has 1 N–H and O–H groups in total. The SMILES string of the molecule is CC(C)(C)C(=O)NCCc1csc(-c2ccccc2F)n1. The Labute approximate surface area is 128 Å². The molecule has 3 nitrogen and oxygen atoms in total. The molecule has 0 aliphatic rings. The molecule has 0 saturated heterocycles. The Hall–Kier alpha value is -1.75. The van der Waals surface area contributed by atoms with Crippen molar-refractivity contribution in [2.45, 2.75) is 27.2 Å². The maximum absolute atomic E-state index is 13.7. The summed E-state index contributed by atoms with van der Waals surface area (Å²) in [6.45, 7) is 6.17. The van der Waals surface area contributed by atoms with E-state index in [1.807, 2.05) is 26.2 Å². The highest BCUT2D eigenvalue weighted by atomic mass is 32.1. The summed E-state index contributed by atoms with van der Waals surface area (Å²) in [5.74, 6) is -0.244. The standard InChI is InChI=1S/C16H19FN2OS/c1-16(2,3)15(20)18-9-8-11-10-21-14(19-11)12-6-4-5-7-13(12)17/h4-7,10H,8-9H2,1-3H3,(H,18,20). The zero-order valence-electron chi connectivity index (χ0n) is 12.4. The van der Waals surface area contributed by atoms with Crippen molar-refractivity contribution in [1.82, 2.24) is 10.3 Å². The highest BCUT2D eigenvalue weighted by molar-refractivity contribution is 7.13. The average Bonchev–Trinajstić information content (AvgIpc) is 2.86. The summed E-state index contributed by atoms with van der Waals surface area (Å²) >= 11 is 1.42. The van der Waals surface area contributed by atoms with E-state index in [2.05, 4.69) is 10.3 Å². The number of thiazole rings is 1. The van der Waals surface area contributed by atoms with Gasteiger partial charge in [-0.05, 0) is 12.1 Å². The van der Waals surface area contributed by atoms with E-state index in [0.29, 0.717) is 23.5 Å². The summed E-state index contributed by atoms with van der Waals surface area (Å²) in [6.07, 6.45) is 0.646. The van der Waals surface area contributed by atoms with Gasteiger partial charge in [-0.25, -0.2) is 9.37 Å². The first-order valence-corrected chi connectivity index (χ1v) is 7.73. The Bertz CT molecular complexity index is 631. The van der Waals surface area contributed by atoms with Crippen molar-refractivity contribution in [1.29, 1.82) is 0 Å². The molecule has 5 heteroatoms. The summed E-state index contributed by atoms with van der Waals surface area (Å²) in [6, 6.07) is 6.61. The Kier molecular flexibility index (Phi) is 4.73. The van der Waals surface area contributed by atoms with Crippen LogP contribution in [0.3, 0.4) is 0 Å². The summed E-state index contributed by atoms with van der Waals surface area (Å²) in [7, 11) is 0. The minimum absolute atomic E-state index is 0.0204. The van der Waals surface area contributed by atoms with E-state index in [1.165, 1.54) is 17.4 Å². The molecule has 0 spiro atoms. The molecule has 0 atom stereocenters. The molecule has 0 aliphatic heterocycles. The largest absolute Gasteiger partial charge is 0.355 e. The van der Waals surface area contributed by atoms with E-state index in [1.54, 1.807) is 18.2 Å². The molecular weight excluding hydrogens is 287 g/mol. The van der Waals surface area contributed by atoms with Gasteiger partial charge in [-0.3, -0.25) is 4.79 Å². The molecule has 0 fully saturated rings. The maximum atomic E-state index is 13.7. The second-order valence-corrected chi connectivity index (χ2v) is 6.74. The van der Waals surface area contributed by atoms with E-state index in [4.69, 9.17) is 0 Å². The first-order valence-electron chi connectivity index (χ1n) is 6.85. The molecule has 0 bridgehead atoms. The van der Waals surface area contributed by atoms with Crippen LogP contribution in [0, 0.1) is 11.2 Å². The van der Waals surface area contributed by atoms with Gasteiger partial charge < -0.3 is 5.32 Å². The molecule has 0 saturated carbocycles. The van der Waals surface area contributed by atoms with Crippen LogP contribution < -0.4 is 5.32 Å². The minimum atomic E-state index is -0.388. The number of hydrogen-bond donors (Lipinski definition) is 1. The number of nitrogens with one attached hydrogen (secondary N) is 1. The molecular formula is C16H19FN2OS. The lowest BCUT2D eigenvalue weighted by atomic mass is 9.96. The van der Waals surface area contributed by atoms with Crippen molar-refractivity contribution < 1.29 is 9.18 Å². The normalized spacial score (nSPS) is 11.4. The van der Waals surface area contributed by atoms with Crippen molar-refractivity contribution in [2.24, 2.45) is 5.41 Å². The van der Waals surface area contributed by atoms with Crippen LogP contribution in [0.4, 0.5) is 4.39 Å². The predicted molar refractivity (Wildman–Crippen MR) is 83.7 cm³/mol. The monoisotopic (exact) mass is 306 g/mol. The van der Waals surface area contributed by atoms with Gasteiger partial charge in [0.15, 0.2) is 0 Å². The van der Waals surface area contributed by atoms with Crippen LogP contribution in [0.25, 0.3) is 10.6 Å². The second kappa shape index (κ2) is 6.35. The lowest BCUT2D eigenvalue weighted by Gasteiger charge is -2.17. The zero-order valence-corrected chi connectivity index (χ0v) is 13.3. The van der Waals surface area contributed by atoms with Crippen molar-refractivity contribution in [2.75, 3.05) is 6.54 Å². The number of carbonyl (C=O) groups excluding carboxylic acids is 1. The number of carbonyl (C=O) groups is 1. The average molecular weight is 306 g/mol. The third-order valence-corrected chi connectivity index (χ3v) is 3.93. The number of hydrogen-bond acceptors (Lipinski definition) is 3.